The molecule has 0 fully saturated rings. The molecule has 10 nitrogen and oxygen atoms in total. The Labute approximate surface area is 179 Å². The third-order valence-corrected chi connectivity index (χ3v) is 4.41. The zero-order valence-corrected chi connectivity index (χ0v) is 17.4. The third-order valence-electron chi connectivity index (χ3n) is 4.41. The SMILES string of the molecule is CCC(C)N=C(N)/C=C\c1n[nH]c(CNC(=O)c2nc(-c3ccccc3)cnc2N)n1. The molecule has 0 saturated heterocycles. The first-order valence-corrected chi connectivity index (χ1v) is 9.85. The fraction of sp³-hybridized carbons (Fsp3) is 0.238. The molecule has 1 aromatic carbocycles. The maximum atomic E-state index is 12.6. The van der Waals surface area contributed by atoms with Crippen LogP contribution in [0.4, 0.5) is 5.82 Å². The molecule has 31 heavy (non-hydrogen) atoms. The number of hydrogen-bond acceptors (Lipinski definition) is 7. The lowest BCUT2D eigenvalue weighted by Gasteiger charge is -2.07. The zero-order valence-electron chi connectivity index (χ0n) is 17.4. The van der Waals surface area contributed by atoms with Crippen molar-refractivity contribution in [2.75, 3.05) is 5.73 Å². The smallest absolute Gasteiger partial charge is 0.274 e. The maximum absolute atomic E-state index is 12.6. The van der Waals surface area contributed by atoms with Crippen molar-refractivity contribution in [2.24, 2.45) is 10.7 Å². The number of rotatable bonds is 8. The number of amidine groups is 1. The van der Waals surface area contributed by atoms with Crippen LogP contribution in [0.5, 0.6) is 0 Å². The summed E-state index contributed by atoms with van der Waals surface area (Å²) in [5, 5.41) is 9.56. The summed E-state index contributed by atoms with van der Waals surface area (Å²) < 4.78 is 0. The van der Waals surface area contributed by atoms with Crippen molar-refractivity contribution in [3.63, 3.8) is 0 Å². The number of nitrogens with one attached hydrogen (secondary N) is 2. The van der Waals surface area contributed by atoms with E-state index in [9.17, 15) is 4.79 Å². The summed E-state index contributed by atoms with van der Waals surface area (Å²) >= 11 is 0. The molecular formula is C21H25N9O. The number of aliphatic imine (C=N–C) groups is 1. The lowest BCUT2D eigenvalue weighted by Crippen LogP contribution is -2.26. The second-order valence-electron chi connectivity index (χ2n) is 6.82. The van der Waals surface area contributed by atoms with Gasteiger partial charge in [-0.25, -0.2) is 15.0 Å². The Bertz CT molecular complexity index is 1090. The molecule has 0 aliphatic carbocycles. The highest BCUT2D eigenvalue weighted by Crippen LogP contribution is 2.17. The number of carbonyl (C=O) groups excluding carboxylic acids is 1. The van der Waals surface area contributed by atoms with E-state index in [1.165, 1.54) is 6.20 Å². The van der Waals surface area contributed by atoms with Crippen LogP contribution in [-0.2, 0) is 6.54 Å². The van der Waals surface area contributed by atoms with Gasteiger partial charge in [-0.05, 0) is 25.5 Å². The topological polar surface area (TPSA) is 161 Å². The number of aromatic amines is 1. The van der Waals surface area contributed by atoms with Gasteiger partial charge in [0.25, 0.3) is 5.91 Å². The second kappa shape index (κ2) is 10.1. The molecule has 0 saturated carbocycles. The predicted molar refractivity (Wildman–Crippen MR) is 120 cm³/mol. The van der Waals surface area contributed by atoms with Crippen molar-refractivity contribution in [1.29, 1.82) is 0 Å². The Hall–Kier alpha value is -4.08. The average molecular weight is 419 g/mol. The van der Waals surface area contributed by atoms with Crippen LogP contribution in [-0.4, -0.2) is 42.9 Å². The molecule has 1 unspecified atom stereocenters. The molecule has 2 heterocycles. The van der Waals surface area contributed by atoms with Gasteiger partial charge >= 0.3 is 0 Å². The van der Waals surface area contributed by atoms with E-state index in [1.54, 1.807) is 12.2 Å². The molecular weight excluding hydrogens is 394 g/mol. The van der Waals surface area contributed by atoms with E-state index in [0.717, 1.165) is 12.0 Å². The van der Waals surface area contributed by atoms with Gasteiger partial charge in [0, 0.05) is 11.6 Å². The Morgan fingerprint density at radius 3 is 2.81 bits per heavy atom. The zero-order chi connectivity index (χ0) is 22.2. The Morgan fingerprint density at radius 2 is 2.06 bits per heavy atom. The van der Waals surface area contributed by atoms with Crippen molar-refractivity contribution in [2.45, 2.75) is 32.9 Å². The number of amides is 1. The number of nitrogens with zero attached hydrogens (tertiary/aromatic N) is 5. The Morgan fingerprint density at radius 1 is 1.29 bits per heavy atom. The van der Waals surface area contributed by atoms with Crippen LogP contribution in [0, 0.1) is 0 Å². The van der Waals surface area contributed by atoms with Gasteiger partial charge in [0.2, 0.25) is 0 Å². The number of nitrogens with two attached hydrogens (primary N) is 2. The van der Waals surface area contributed by atoms with Crippen molar-refractivity contribution in [3.05, 3.63) is 59.9 Å². The van der Waals surface area contributed by atoms with Gasteiger partial charge in [0.05, 0.1) is 18.4 Å². The Balaban J connectivity index is 1.64. The number of hydrogen-bond donors (Lipinski definition) is 4. The number of benzene rings is 1. The van der Waals surface area contributed by atoms with Gasteiger partial charge in [-0.3, -0.25) is 14.9 Å². The summed E-state index contributed by atoms with van der Waals surface area (Å²) in [4.78, 5) is 29.6. The fourth-order valence-electron chi connectivity index (χ4n) is 2.57. The van der Waals surface area contributed by atoms with Gasteiger partial charge in [-0.1, -0.05) is 37.3 Å². The summed E-state index contributed by atoms with van der Waals surface area (Å²) in [5.41, 5.74) is 13.2. The van der Waals surface area contributed by atoms with Crippen LogP contribution in [0.1, 0.15) is 42.4 Å². The first kappa shape index (κ1) is 21.6. The minimum absolute atomic E-state index is 0.0504. The molecule has 0 bridgehead atoms. The molecule has 6 N–H and O–H groups in total. The average Bonchev–Trinajstić information content (AvgIpc) is 3.25. The van der Waals surface area contributed by atoms with Gasteiger partial charge in [-0.2, -0.15) is 5.10 Å². The third kappa shape index (κ3) is 5.95. The van der Waals surface area contributed by atoms with Crippen LogP contribution in [0.3, 0.4) is 0 Å². The van der Waals surface area contributed by atoms with Gasteiger partial charge in [-0.15, -0.1) is 0 Å². The molecule has 160 valence electrons. The van der Waals surface area contributed by atoms with Crippen LogP contribution >= 0.6 is 0 Å². The van der Waals surface area contributed by atoms with E-state index < -0.39 is 5.91 Å². The largest absolute Gasteiger partial charge is 0.384 e. The highest BCUT2D eigenvalue weighted by atomic mass is 16.1. The monoisotopic (exact) mass is 419 g/mol. The normalized spacial score (nSPS) is 12.8. The van der Waals surface area contributed by atoms with E-state index in [2.05, 4.69) is 35.5 Å². The lowest BCUT2D eigenvalue weighted by molar-refractivity contribution is 0.0945. The van der Waals surface area contributed by atoms with Crippen LogP contribution in [0.15, 0.2) is 47.6 Å². The predicted octanol–water partition coefficient (Wildman–Crippen LogP) is 1.94. The molecule has 10 heteroatoms. The highest BCUT2D eigenvalue weighted by Gasteiger charge is 2.15. The highest BCUT2D eigenvalue weighted by molar-refractivity contribution is 5.96. The first-order chi connectivity index (χ1) is 15.0. The first-order valence-electron chi connectivity index (χ1n) is 9.85. The maximum Gasteiger partial charge on any atom is 0.274 e. The van der Waals surface area contributed by atoms with Crippen molar-refractivity contribution >= 4 is 23.6 Å². The number of nitrogen functional groups attached to an aromatic ring is 1. The minimum Gasteiger partial charge on any atom is -0.384 e. The quantitative estimate of drug-likeness (QED) is 0.320. The van der Waals surface area contributed by atoms with Crippen LogP contribution in [0.2, 0.25) is 0 Å². The molecule has 1 amide bonds. The van der Waals surface area contributed by atoms with Crippen molar-refractivity contribution < 1.29 is 4.79 Å². The molecule has 0 aliphatic rings. The molecule has 1 atom stereocenters. The van der Waals surface area contributed by atoms with Crippen molar-refractivity contribution in [1.82, 2.24) is 30.5 Å². The molecule has 3 rings (SSSR count). The molecule has 0 radical (unpaired) electrons. The van der Waals surface area contributed by atoms with Gasteiger partial charge in [0.15, 0.2) is 17.3 Å². The summed E-state index contributed by atoms with van der Waals surface area (Å²) in [6.07, 6.45) is 5.73. The molecule has 0 spiro atoms. The lowest BCUT2D eigenvalue weighted by atomic mass is 10.1. The standard InChI is InChI=1S/C21H25N9O/c1-3-13(2)26-16(22)9-10-17-28-18(30-29-17)12-25-21(31)19-20(23)24-11-15(27-19)14-7-5-4-6-8-14/h4-11,13H,3,12H2,1-2H3,(H2,22,26)(H2,23,24)(H,25,31)(H,28,29,30)/b10-9-. The van der Waals surface area contributed by atoms with E-state index >= 15 is 0 Å². The fourth-order valence-corrected chi connectivity index (χ4v) is 2.57. The summed E-state index contributed by atoms with van der Waals surface area (Å²) in [6.45, 7) is 4.14. The summed E-state index contributed by atoms with van der Waals surface area (Å²) in [6, 6.07) is 9.58. The van der Waals surface area contributed by atoms with Gasteiger partial charge < -0.3 is 16.8 Å². The van der Waals surface area contributed by atoms with Crippen LogP contribution < -0.4 is 16.8 Å². The number of H-pyrrole nitrogens is 1. The number of anilines is 1. The number of aromatic nitrogens is 5. The van der Waals surface area contributed by atoms with E-state index in [4.69, 9.17) is 11.5 Å². The van der Waals surface area contributed by atoms with Crippen LogP contribution in [0.25, 0.3) is 17.3 Å². The number of carbonyl (C=O) groups is 1. The van der Waals surface area contributed by atoms with E-state index in [1.807, 2.05) is 44.2 Å². The van der Waals surface area contributed by atoms with Crippen molar-refractivity contribution in [3.8, 4) is 11.3 Å². The molecule has 3 aromatic rings. The van der Waals surface area contributed by atoms with E-state index in [0.29, 0.717) is 23.2 Å². The van der Waals surface area contributed by atoms with Gasteiger partial charge in [0.1, 0.15) is 11.7 Å². The molecule has 2 aromatic heterocycles. The van der Waals surface area contributed by atoms with E-state index in [-0.39, 0.29) is 24.1 Å². The second-order valence-corrected chi connectivity index (χ2v) is 6.82. The molecule has 0 aliphatic heterocycles. The minimum atomic E-state index is -0.457. The Kier molecular flexibility index (Phi) is 7.05. The summed E-state index contributed by atoms with van der Waals surface area (Å²) in [7, 11) is 0. The summed E-state index contributed by atoms with van der Waals surface area (Å²) in [5.74, 6) is 0.894.